The topological polar surface area (TPSA) is 43.4 Å². The molecule has 1 aromatic heterocycles. The molecule has 0 saturated heterocycles. The van der Waals surface area contributed by atoms with Crippen LogP contribution in [-0.2, 0) is 4.43 Å². The van der Waals surface area contributed by atoms with E-state index < -0.39 is 5.82 Å². The fourth-order valence-electron chi connectivity index (χ4n) is 1.21. The lowest BCUT2D eigenvalue weighted by atomic mass is 10.1. The molecule has 0 radical (unpaired) electrons. The van der Waals surface area contributed by atoms with Crippen LogP contribution in [-0.4, -0.2) is 0 Å². The van der Waals surface area contributed by atoms with E-state index in [1.165, 1.54) is 0 Å². The highest BCUT2D eigenvalue weighted by Gasteiger charge is 2.12. The van der Waals surface area contributed by atoms with Gasteiger partial charge in [0, 0.05) is 5.56 Å². The van der Waals surface area contributed by atoms with Crippen LogP contribution in [0.4, 0.5) is 0 Å². The maximum absolute atomic E-state index is 10.9. The fourth-order valence-corrected chi connectivity index (χ4v) is 1.71. The van der Waals surface area contributed by atoms with Crippen LogP contribution in [0.15, 0.2) is 44.0 Å². The first-order chi connectivity index (χ1) is 6.81. The van der Waals surface area contributed by atoms with Gasteiger partial charge in [-0.15, -0.1) is 0 Å². The van der Waals surface area contributed by atoms with Crippen molar-refractivity contribution < 1.29 is 8.83 Å². The summed E-state index contributed by atoms with van der Waals surface area (Å²) >= 11 is 2.13. The second-order valence-electron chi connectivity index (χ2n) is 2.71. The van der Waals surface area contributed by atoms with Gasteiger partial charge in [0.2, 0.25) is 0 Å². The summed E-state index contributed by atoms with van der Waals surface area (Å²) in [6.45, 7) is 0. The van der Waals surface area contributed by atoms with Crippen molar-refractivity contribution in [2.45, 2.75) is 4.43 Å². The second kappa shape index (κ2) is 4.00. The van der Waals surface area contributed by atoms with Gasteiger partial charge >= 0.3 is 5.82 Å². The van der Waals surface area contributed by atoms with E-state index in [-0.39, 0.29) is 0 Å². The summed E-state index contributed by atoms with van der Waals surface area (Å²) in [5, 5.41) is 0. The number of benzene rings is 1. The van der Waals surface area contributed by atoms with Crippen LogP contribution in [0.3, 0.4) is 0 Å². The third kappa shape index (κ3) is 1.75. The average molecular weight is 302 g/mol. The lowest BCUT2D eigenvalue weighted by Gasteiger charge is -1.95. The molecule has 0 amide bonds. The normalized spacial score (nSPS) is 10.4. The van der Waals surface area contributed by atoms with Crippen LogP contribution in [0.5, 0.6) is 0 Å². The molecule has 1 aromatic carbocycles. The smallest absolute Gasteiger partial charge is 0.394 e. The molecule has 0 atom stereocenters. The van der Waals surface area contributed by atoms with E-state index in [2.05, 4.69) is 22.6 Å². The standard InChI is InChI=1S/C10H7IO3/c11-6-8-9(14-10(12)13-8)7-4-2-1-3-5-7/h1-5H,6H2. The molecular weight excluding hydrogens is 295 g/mol. The number of halogens is 1. The summed E-state index contributed by atoms with van der Waals surface area (Å²) in [5.74, 6) is 0.474. The van der Waals surface area contributed by atoms with Crippen molar-refractivity contribution in [2.75, 3.05) is 0 Å². The van der Waals surface area contributed by atoms with Crippen molar-refractivity contribution in [1.29, 1.82) is 0 Å². The maximum Gasteiger partial charge on any atom is 0.519 e. The summed E-state index contributed by atoms with van der Waals surface area (Å²) in [4.78, 5) is 10.9. The number of alkyl halides is 1. The molecule has 4 heteroatoms. The van der Waals surface area contributed by atoms with E-state index in [9.17, 15) is 4.79 Å². The van der Waals surface area contributed by atoms with E-state index in [1.54, 1.807) is 0 Å². The fraction of sp³-hybridized carbons (Fsp3) is 0.100. The van der Waals surface area contributed by atoms with Crippen molar-refractivity contribution >= 4 is 22.6 Å². The summed E-state index contributed by atoms with van der Waals surface area (Å²) in [5.41, 5.74) is 0.866. The molecule has 2 aromatic rings. The predicted octanol–water partition coefficient (Wildman–Crippen LogP) is 2.83. The second-order valence-corrected chi connectivity index (χ2v) is 3.47. The maximum atomic E-state index is 10.9. The minimum absolute atomic E-state index is 0.532. The molecule has 0 bridgehead atoms. The third-order valence-electron chi connectivity index (χ3n) is 1.80. The highest BCUT2D eigenvalue weighted by Crippen LogP contribution is 2.24. The van der Waals surface area contributed by atoms with Gasteiger partial charge in [-0.05, 0) is 0 Å². The average Bonchev–Trinajstić information content (AvgIpc) is 2.61. The molecule has 0 fully saturated rings. The van der Waals surface area contributed by atoms with Crippen LogP contribution in [0, 0.1) is 0 Å². The van der Waals surface area contributed by atoms with Gasteiger partial charge in [0.1, 0.15) is 0 Å². The first kappa shape index (κ1) is 9.51. The van der Waals surface area contributed by atoms with Gasteiger partial charge in [0.05, 0.1) is 4.43 Å². The van der Waals surface area contributed by atoms with Crippen molar-refractivity contribution in [2.24, 2.45) is 0 Å². The van der Waals surface area contributed by atoms with E-state index in [0.29, 0.717) is 15.9 Å². The monoisotopic (exact) mass is 302 g/mol. The first-order valence-corrected chi connectivity index (χ1v) is 5.58. The highest BCUT2D eigenvalue weighted by molar-refractivity contribution is 14.1. The van der Waals surface area contributed by atoms with Crippen LogP contribution in [0.25, 0.3) is 11.3 Å². The minimum Gasteiger partial charge on any atom is -0.394 e. The highest BCUT2D eigenvalue weighted by atomic mass is 127. The zero-order valence-corrected chi connectivity index (χ0v) is 9.35. The largest absolute Gasteiger partial charge is 0.519 e. The first-order valence-electron chi connectivity index (χ1n) is 4.05. The molecule has 0 aliphatic heterocycles. The van der Waals surface area contributed by atoms with Gasteiger partial charge in [0.15, 0.2) is 11.5 Å². The van der Waals surface area contributed by atoms with Crippen LogP contribution < -0.4 is 5.82 Å². The summed E-state index contributed by atoms with van der Waals surface area (Å²) in [6.07, 6.45) is 0. The summed E-state index contributed by atoms with van der Waals surface area (Å²) in [7, 11) is 0. The Labute approximate surface area is 93.9 Å². The molecule has 0 aliphatic rings. The Kier molecular flexibility index (Phi) is 2.72. The molecule has 14 heavy (non-hydrogen) atoms. The van der Waals surface area contributed by atoms with E-state index >= 15 is 0 Å². The minimum atomic E-state index is -0.643. The number of hydrogen-bond acceptors (Lipinski definition) is 3. The zero-order chi connectivity index (χ0) is 9.97. The quantitative estimate of drug-likeness (QED) is 0.633. The summed E-state index contributed by atoms with van der Waals surface area (Å²) < 4.78 is 10.5. The van der Waals surface area contributed by atoms with Gasteiger partial charge in [-0.3, -0.25) is 0 Å². The lowest BCUT2D eigenvalue weighted by Crippen LogP contribution is -1.85. The third-order valence-corrected chi connectivity index (χ3v) is 2.50. The number of hydrogen-bond donors (Lipinski definition) is 0. The van der Waals surface area contributed by atoms with Crippen molar-refractivity contribution in [3.63, 3.8) is 0 Å². The Morgan fingerprint density at radius 3 is 2.50 bits per heavy atom. The molecule has 0 unspecified atom stereocenters. The Balaban J connectivity index is 2.56. The Morgan fingerprint density at radius 1 is 1.14 bits per heavy atom. The Bertz CT molecular complexity index is 470. The zero-order valence-electron chi connectivity index (χ0n) is 7.20. The molecule has 0 N–H and O–H groups in total. The van der Waals surface area contributed by atoms with Crippen molar-refractivity contribution in [1.82, 2.24) is 0 Å². The van der Waals surface area contributed by atoms with Gasteiger partial charge in [-0.25, -0.2) is 4.79 Å². The molecule has 0 spiro atoms. The van der Waals surface area contributed by atoms with E-state index in [0.717, 1.165) is 5.56 Å². The molecule has 2 rings (SSSR count). The molecule has 1 heterocycles. The van der Waals surface area contributed by atoms with Gasteiger partial charge in [-0.2, -0.15) is 0 Å². The van der Waals surface area contributed by atoms with Crippen LogP contribution in [0.2, 0.25) is 0 Å². The molecule has 3 nitrogen and oxygen atoms in total. The van der Waals surface area contributed by atoms with E-state index in [1.807, 2.05) is 30.3 Å². The Morgan fingerprint density at radius 2 is 1.86 bits per heavy atom. The van der Waals surface area contributed by atoms with E-state index in [4.69, 9.17) is 8.83 Å². The van der Waals surface area contributed by atoms with Crippen molar-refractivity contribution in [3.05, 3.63) is 46.7 Å². The molecule has 0 aliphatic carbocycles. The molecular formula is C10H7IO3. The van der Waals surface area contributed by atoms with Crippen LogP contribution >= 0.6 is 22.6 Å². The van der Waals surface area contributed by atoms with Crippen LogP contribution in [0.1, 0.15) is 5.76 Å². The van der Waals surface area contributed by atoms with Crippen molar-refractivity contribution in [3.8, 4) is 11.3 Å². The molecule has 72 valence electrons. The summed E-state index contributed by atoms with van der Waals surface area (Å²) in [6, 6.07) is 9.44. The Hall–Kier alpha value is -1.04. The predicted molar refractivity (Wildman–Crippen MR) is 60.4 cm³/mol. The van der Waals surface area contributed by atoms with Gasteiger partial charge in [0.25, 0.3) is 0 Å². The van der Waals surface area contributed by atoms with Gasteiger partial charge < -0.3 is 8.83 Å². The number of rotatable bonds is 2. The molecule has 0 saturated carbocycles. The lowest BCUT2D eigenvalue weighted by molar-refractivity contribution is 0.381. The van der Waals surface area contributed by atoms with Gasteiger partial charge in [-0.1, -0.05) is 52.9 Å². The SMILES string of the molecule is O=c1oc(CI)c(-c2ccccc2)o1.